The smallest absolute Gasteiger partial charge is 0.284 e. The van der Waals surface area contributed by atoms with E-state index in [1.165, 1.54) is 4.88 Å². The molecule has 0 saturated carbocycles. The molecule has 0 aliphatic heterocycles. The Labute approximate surface area is 139 Å². The zero-order valence-electron chi connectivity index (χ0n) is 13.3. The third-order valence-corrected chi connectivity index (χ3v) is 4.35. The lowest BCUT2D eigenvalue weighted by atomic mass is 10.1. The van der Waals surface area contributed by atoms with Crippen molar-refractivity contribution in [1.29, 1.82) is 0 Å². The fourth-order valence-corrected chi connectivity index (χ4v) is 2.80. The molecule has 2 aromatic rings. The molecule has 1 amide bonds. The summed E-state index contributed by atoms with van der Waals surface area (Å²) < 4.78 is 5.32. The number of nitrogens with zero attached hydrogens (tertiary/aromatic N) is 1. The van der Waals surface area contributed by atoms with Gasteiger partial charge in [0.2, 0.25) is 0 Å². The zero-order valence-corrected chi connectivity index (χ0v) is 14.2. The first kappa shape index (κ1) is 17.1. The molecule has 2 heterocycles. The molecule has 2 aromatic heterocycles. The monoisotopic (exact) mass is 334 g/mol. The van der Waals surface area contributed by atoms with Crippen molar-refractivity contribution in [3.63, 3.8) is 0 Å². The topological polar surface area (TPSA) is 92.6 Å². The predicted molar refractivity (Wildman–Crippen MR) is 92.8 cm³/mol. The number of nitrogens with one attached hydrogen (secondary N) is 2. The summed E-state index contributed by atoms with van der Waals surface area (Å²) in [6, 6.07) is 7.46. The van der Waals surface area contributed by atoms with Gasteiger partial charge in [0.15, 0.2) is 11.7 Å². The van der Waals surface area contributed by atoms with Gasteiger partial charge in [-0.05, 0) is 30.5 Å². The third-order valence-electron chi connectivity index (χ3n) is 3.25. The standard InChI is InChI=1S/C16H22N4O2S/c1-3-18-16(19-9-11(2)14-5-4-8-23-14)20-10-12-6-7-13(22-12)15(17)21/h4-8,11H,3,9-10H2,1-2H3,(H2,17,21)(H2,18,19,20). The summed E-state index contributed by atoms with van der Waals surface area (Å²) in [5.74, 6) is 1.30. The number of furan rings is 1. The lowest BCUT2D eigenvalue weighted by Gasteiger charge is -2.14. The number of aliphatic imine (C=N–C) groups is 1. The van der Waals surface area contributed by atoms with Gasteiger partial charge in [-0.3, -0.25) is 4.79 Å². The van der Waals surface area contributed by atoms with Gasteiger partial charge in [0, 0.05) is 23.9 Å². The number of hydrogen-bond acceptors (Lipinski definition) is 4. The van der Waals surface area contributed by atoms with Crippen LogP contribution in [0, 0.1) is 0 Å². The molecule has 124 valence electrons. The summed E-state index contributed by atoms with van der Waals surface area (Å²) in [7, 11) is 0. The maximum Gasteiger partial charge on any atom is 0.284 e. The Hall–Kier alpha value is -2.28. The van der Waals surface area contributed by atoms with E-state index in [4.69, 9.17) is 10.2 Å². The Kier molecular flexibility index (Phi) is 6.22. The lowest BCUT2D eigenvalue weighted by molar-refractivity contribution is 0.0972. The molecular weight excluding hydrogens is 312 g/mol. The minimum absolute atomic E-state index is 0.152. The number of primary amides is 1. The van der Waals surface area contributed by atoms with Gasteiger partial charge in [-0.25, -0.2) is 4.99 Å². The van der Waals surface area contributed by atoms with Crippen LogP contribution < -0.4 is 16.4 Å². The van der Waals surface area contributed by atoms with E-state index in [9.17, 15) is 4.79 Å². The summed E-state index contributed by atoms with van der Waals surface area (Å²) in [5.41, 5.74) is 5.17. The minimum Gasteiger partial charge on any atom is -0.454 e. The molecule has 0 fully saturated rings. The molecule has 0 aliphatic rings. The van der Waals surface area contributed by atoms with E-state index in [0.717, 1.165) is 13.1 Å². The Morgan fingerprint density at radius 3 is 2.83 bits per heavy atom. The van der Waals surface area contributed by atoms with E-state index in [1.807, 2.05) is 6.92 Å². The molecule has 0 saturated heterocycles. The molecule has 6 nitrogen and oxygen atoms in total. The fourth-order valence-electron chi connectivity index (χ4n) is 2.02. The van der Waals surface area contributed by atoms with Gasteiger partial charge in [0.25, 0.3) is 5.91 Å². The average Bonchev–Trinajstić information content (AvgIpc) is 3.20. The van der Waals surface area contributed by atoms with Gasteiger partial charge in [-0.15, -0.1) is 11.3 Å². The van der Waals surface area contributed by atoms with Crippen LogP contribution in [0.1, 0.15) is 41.0 Å². The fraction of sp³-hybridized carbons (Fsp3) is 0.375. The second-order valence-electron chi connectivity index (χ2n) is 5.12. The van der Waals surface area contributed by atoms with Crippen LogP contribution in [0.5, 0.6) is 0 Å². The first-order valence-electron chi connectivity index (χ1n) is 7.54. The van der Waals surface area contributed by atoms with E-state index in [1.54, 1.807) is 23.5 Å². The average molecular weight is 334 g/mol. The van der Waals surface area contributed by atoms with Crippen molar-refractivity contribution in [2.45, 2.75) is 26.3 Å². The zero-order chi connectivity index (χ0) is 16.7. The SMILES string of the molecule is CCNC(=NCc1ccc(C(N)=O)o1)NCC(C)c1cccs1. The number of carbonyl (C=O) groups is 1. The van der Waals surface area contributed by atoms with Crippen LogP contribution in [0.2, 0.25) is 0 Å². The molecule has 0 aromatic carbocycles. The second kappa shape index (κ2) is 8.38. The van der Waals surface area contributed by atoms with Crippen molar-refractivity contribution in [3.8, 4) is 0 Å². The highest BCUT2D eigenvalue weighted by Gasteiger charge is 2.09. The van der Waals surface area contributed by atoms with Crippen LogP contribution in [-0.2, 0) is 6.54 Å². The second-order valence-corrected chi connectivity index (χ2v) is 6.10. The molecule has 7 heteroatoms. The van der Waals surface area contributed by atoms with Crippen molar-refractivity contribution < 1.29 is 9.21 Å². The van der Waals surface area contributed by atoms with Crippen molar-refractivity contribution in [2.24, 2.45) is 10.7 Å². The lowest BCUT2D eigenvalue weighted by Crippen LogP contribution is -2.39. The van der Waals surface area contributed by atoms with Crippen molar-refractivity contribution in [2.75, 3.05) is 13.1 Å². The van der Waals surface area contributed by atoms with Crippen molar-refractivity contribution in [1.82, 2.24) is 10.6 Å². The summed E-state index contributed by atoms with van der Waals surface area (Å²) in [6.45, 7) is 6.09. The number of guanidine groups is 1. The van der Waals surface area contributed by atoms with Crippen molar-refractivity contribution in [3.05, 3.63) is 46.0 Å². The highest BCUT2D eigenvalue weighted by Crippen LogP contribution is 2.19. The number of amides is 1. The Balaban J connectivity index is 1.92. The molecule has 0 bridgehead atoms. The molecule has 0 spiro atoms. The van der Waals surface area contributed by atoms with Gasteiger partial charge in [-0.2, -0.15) is 0 Å². The normalized spacial score (nSPS) is 12.9. The van der Waals surface area contributed by atoms with Crippen LogP contribution in [-0.4, -0.2) is 25.0 Å². The molecule has 1 unspecified atom stereocenters. The quantitative estimate of drug-likeness (QED) is 0.535. The summed E-state index contributed by atoms with van der Waals surface area (Å²) >= 11 is 1.75. The highest BCUT2D eigenvalue weighted by atomic mass is 32.1. The number of rotatable bonds is 7. The van der Waals surface area contributed by atoms with Crippen LogP contribution >= 0.6 is 11.3 Å². The molecule has 0 radical (unpaired) electrons. The molecule has 0 aliphatic carbocycles. The largest absolute Gasteiger partial charge is 0.454 e. The van der Waals surface area contributed by atoms with Gasteiger partial charge in [-0.1, -0.05) is 13.0 Å². The number of thiophene rings is 1. The van der Waals surface area contributed by atoms with Gasteiger partial charge < -0.3 is 20.8 Å². The Morgan fingerprint density at radius 1 is 1.39 bits per heavy atom. The molecule has 2 rings (SSSR count). The number of hydrogen-bond donors (Lipinski definition) is 3. The number of carbonyl (C=O) groups excluding carboxylic acids is 1. The van der Waals surface area contributed by atoms with Crippen molar-refractivity contribution >= 4 is 23.2 Å². The molecule has 4 N–H and O–H groups in total. The van der Waals surface area contributed by atoms with Crippen LogP contribution in [0.15, 0.2) is 39.1 Å². The minimum atomic E-state index is -0.574. The Bertz CT molecular complexity index is 649. The van der Waals surface area contributed by atoms with Crippen LogP contribution in [0.25, 0.3) is 0 Å². The Morgan fingerprint density at radius 2 is 2.22 bits per heavy atom. The van der Waals surface area contributed by atoms with Gasteiger partial charge in [0.1, 0.15) is 12.3 Å². The maximum absolute atomic E-state index is 11.0. The summed E-state index contributed by atoms with van der Waals surface area (Å²) in [6.07, 6.45) is 0. The first-order valence-corrected chi connectivity index (χ1v) is 8.42. The van der Waals surface area contributed by atoms with Crippen LogP contribution in [0.3, 0.4) is 0 Å². The molecular formula is C16H22N4O2S. The van der Waals surface area contributed by atoms with E-state index in [0.29, 0.717) is 24.2 Å². The summed E-state index contributed by atoms with van der Waals surface area (Å²) in [5, 5.41) is 8.59. The highest BCUT2D eigenvalue weighted by molar-refractivity contribution is 7.10. The van der Waals surface area contributed by atoms with Crippen LogP contribution in [0.4, 0.5) is 0 Å². The first-order chi connectivity index (χ1) is 11.1. The van der Waals surface area contributed by atoms with E-state index in [2.05, 4.69) is 40.1 Å². The van der Waals surface area contributed by atoms with Gasteiger partial charge in [0.05, 0.1) is 0 Å². The van der Waals surface area contributed by atoms with Gasteiger partial charge >= 0.3 is 0 Å². The summed E-state index contributed by atoms with van der Waals surface area (Å²) in [4.78, 5) is 16.8. The molecule has 23 heavy (non-hydrogen) atoms. The number of nitrogens with two attached hydrogens (primary N) is 1. The molecule has 1 atom stereocenters. The maximum atomic E-state index is 11.0. The van der Waals surface area contributed by atoms with E-state index < -0.39 is 5.91 Å². The predicted octanol–water partition coefficient (Wildman–Crippen LogP) is 2.30. The van der Waals surface area contributed by atoms with E-state index in [-0.39, 0.29) is 5.76 Å². The van der Waals surface area contributed by atoms with E-state index >= 15 is 0 Å². The third kappa shape index (κ3) is 5.14.